The largest absolute Gasteiger partial charge is 0.460 e. The molecule has 0 amide bonds. The molecule has 120 valence electrons. The number of hydrogen-bond donors (Lipinski definition) is 0. The van der Waals surface area contributed by atoms with E-state index in [0.717, 1.165) is 12.1 Å². The molecule has 1 aromatic carbocycles. The lowest BCUT2D eigenvalue weighted by atomic mass is 9.97. The molecule has 0 heterocycles. The summed E-state index contributed by atoms with van der Waals surface area (Å²) in [6.07, 6.45) is -6.83. The molecular weight excluding hydrogens is 451 g/mol. The van der Waals surface area contributed by atoms with Gasteiger partial charge in [0.25, 0.3) is 0 Å². The van der Waals surface area contributed by atoms with Crippen LogP contribution >= 0.6 is 31.9 Å². The zero-order chi connectivity index (χ0) is 16.9. The topological polar surface area (TPSA) is 0 Å². The van der Waals surface area contributed by atoms with Crippen LogP contribution in [-0.2, 0) is 5.92 Å². The van der Waals surface area contributed by atoms with Crippen molar-refractivity contribution in [1.29, 1.82) is 0 Å². The summed E-state index contributed by atoms with van der Waals surface area (Å²) in [5.41, 5.74) is -1.70. The van der Waals surface area contributed by atoms with Gasteiger partial charge in [-0.05, 0) is 18.2 Å². The maximum absolute atomic E-state index is 13.6. The average molecular weight is 454 g/mol. The van der Waals surface area contributed by atoms with Gasteiger partial charge in [0.1, 0.15) is 0 Å². The highest BCUT2D eigenvalue weighted by Gasteiger charge is 2.82. The summed E-state index contributed by atoms with van der Waals surface area (Å²) in [7, 11) is 0. The third-order valence-corrected chi connectivity index (χ3v) is 3.60. The van der Waals surface area contributed by atoms with Crippen LogP contribution in [0.2, 0.25) is 0 Å². The molecule has 0 radical (unpaired) electrons. The van der Waals surface area contributed by atoms with Gasteiger partial charge in [0, 0.05) is 14.5 Å². The molecule has 11 heteroatoms. The number of halogens is 11. The van der Waals surface area contributed by atoms with Crippen molar-refractivity contribution < 1.29 is 39.5 Å². The fourth-order valence-corrected chi connectivity index (χ4v) is 2.14. The van der Waals surface area contributed by atoms with Crippen molar-refractivity contribution in [3.63, 3.8) is 0 Å². The van der Waals surface area contributed by atoms with Crippen LogP contribution in [0.15, 0.2) is 27.1 Å². The van der Waals surface area contributed by atoms with E-state index < -0.39 is 34.0 Å². The van der Waals surface area contributed by atoms with E-state index >= 15 is 0 Å². The lowest BCUT2D eigenvalue weighted by Crippen LogP contribution is -2.59. The summed E-state index contributed by atoms with van der Waals surface area (Å²) < 4.78 is 114. The first kappa shape index (κ1) is 18.6. The summed E-state index contributed by atoms with van der Waals surface area (Å²) in [5.74, 6) is -19.4. The van der Waals surface area contributed by atoms with Gasteiger partial charge < -0.3 is 0 Å². The monoisotopic (exact) mass is 452 g/mol. The van der Waals surface area contributed by atoms with E-state index in [1.165, 1.54) is 0 Å². The second kappa shape index (κ2) is 5.32. The van der Waals surface area contributed by atoms with Crippen molar-refractivity contribution in [1.82, 2.24) is 0 Å². The average Bonchev–Trinajstić information content (AvgIpc) is 2.30. The van der Waals surface area contributed by atoms with Crippen LogP contribution in [0.4, 0.5) is 39.5 Å². The highest BCUT2D eigenvalue weighted by atomic mass is 79.9. The van der Waals surface area contributed by atoms with Crippen molar-refractivity contribution in [2.24, 2.45) is 0 Å². The fraction of sp³-hybridized carbons (Fsp3) is 0.400. The summed E-state index contributed by atoms with van der Waals surface area (Å²) in [6, 6.07) is 2.23. The SMILES string of the molecule is FC(F)(F)C(F)(F)C(F)(F)C(F)(F)c1cc(Br)ccc1Br. The Morgan fingerprint density at radius 1 is 0.714 bits per heavy atom. The summed E-state index contributed by atoms with van der Waals surface area (Å²) in [4.78, 5) is 0. The maximum Gasteiger partial charge on any atom is 0.460 e. The molecule has 0 bridgehead atoms. The minimum absolute atomic E-state index is 0.202. The van der Waals surface area contributed by atoms with Crippen molar-refractivity contribution in [3.05, 3.63) is 32.7 Å². The molecule has 0 unspecified atom stereocenters. The Labute approximate surface area is 128 Å². The molecule has 0 saturated heterocycles. The van der Waals surface area contributed by atoms with Gasteiger partial charge in [0.05, 0.1) is 0 Å². The Morgan fingerprint density at radius 2 is 1.19 bits per heavy atom. The van der Waals surface area contributed by atoms with Crippen LogP contribution in [0.1, 0.15) is 5.56 Å². The molecule has 0 spiro atoms. The molecule has 0 nitrogen and oxygen atoms in total. The van der Waals surface area contributed by atoms with E-state index in [1.54, 1.807) is 0 Å². The minimum Gasteiger partial charge on any atom is -0.194 e. The van der Waals surface area contributed by atoms with Gasteiger partial charge in [-0.25, -0.2) is 0 Å². The van der Waals surface area contributed by atoms with Gasteiger partial charge in [-0.2, -0.15) is 39.5 Å². The number of benzene rings is 1. The van der Waals surface area contributed by atoms with Gasteiger partial charge in [0.2, 0.25) is 0 Å². The third-order valence-electron chi connectivity index (χ3n) is 2.41. The molecule has 0 atom stereocenters. The van der Waals surface area contributed by atoms with E-state index in [2.05, 4.69) is 31.9 Å². The molecule has 0 N–H and O–H groups in total. The minimum atomic E-state index is -6.91. The molecule has 0 aliphatic heterocycles. The highest BCUT2D eigenvalue weighted by molar-refractivity contribution is 9.11. The molecule has 1 aromatic rings. The molecular formula is C10H3Br2F9. The number of rotatable bonds is 3. The van der Waals surface area contributed by atoms with Crippen LogP contribution in [0, 0.1) is 0 Å². The first-order chi connectivity index (χ1) is 9.16. The Bertz CT molecular complexity index is 536. The first-order valence-corrected chi connectivity index (χ1v) is 6.40. The molecule has 1 rings (SSSR count). The maximum atomic E-state index is 13.6. The second-order valence-electron chi connectivity index (χ2n) is 3.85. The first-order valence-electron chi connectivity index (χ1n) is 4.82. The summed E-state index contributed by atoms with van der Waals surface area (Å²) in [5, 5.41) is 0. The molecule has 0 aliphatic rings. The van der Waals surface area contributed by atoms with E-state index in [1.807, 2.05) is 0 Å². The fourth-order valence-electron chi connectivity index (χ4n) is 1.28. The van der Waals surface area contributed by atoms with Crippen molar-refractivity contribution in [2.75, 3.05) is 0 Å². The predicted octanol–water partition coefficient (Wildman–Crippen LogP) is 6.14. The number of alkyl halides is 9. The van der Waals surface area contributed by atoms with Crippen LogP contribution in [0.3, 0.4) is 0 Å². The second-order valence-corrected chi connectivity index (χ2v) is 5.62. The molecule has 21 heavy (non-hydrogen) atoms. The standard InChI is InChI=1S/C10H3Br2F9/c11-4-1-2-6(12)5(3-4)7(13,14)8(15,16)9(17,18)10(19,20)21/h1-3H. The van der Waals surface area contributed by atoms with Gasteiger partial charge in [-0.1, -0.05) is 31.9 Å². The summed E-state index contributed by atoms with van der Waals surface area (Å²) in [6.45, 7) is 0. The van der Waals surface area contributed by atoms with Crippen LogP contribution in [0.5, 0.6) is 0 Å². The smallest absolute Gasteiger partial charge is 0.194 e. The van der Waals surface area contributed by atoms with E-state index in [9.17, 15) is 39.5 Å². The third kappa shape index (κ3) is 2.90. The van der Waals surface area contributed by atoms with Crippen molar-refractivity contribution >= 4 is 31.9 Å². The molecule has 0 fully saturated rings. The predicted molar refractivity (Wildman–Crippen MR) is 61.7 cm³/mol. The van der Waals surface area contributed by atoms with E-state index in [-0.39, 0.29) is 4.47 Å². The Hall–Kier alpha value is -0.450. The van der Waals surface area contributed by atoms with Crippen molar-refractivity contribution in [3.8, 4) is 0 Å². The van der Waals surface area contributed by atoms with Gasteiger partial charge in [0.15, 0.2) is 0 Å². The van der Waals surface area contributed by atoms with Crippen LogP contribution in [-0.4, -0.2) is 18.0 Å². The van der Waals surface area contributed by atoms with Crippen LogP contribution < -0.4 is 0 Å². The Balaban J connectivity index is 3.51. The van der Waals surface area contributed by atoms with Crippen LogP contribution in [0.25, 0.3) is 0 Å². The molecule has 0 aromatic heterocycles. The van der Waals surface area contributed by atoms with E-state index in [0.29, 0.717) is 6.07 Å². The molecule has 0 saturated carbocycles. The van der Waals surface area contributed by atoms with Gasteiger partial charge in [-0.3, -0.25) is 0 Å². The highest BCUT2D eigenvalue weighted by Crippen LogP contribution is 2.57. The number of hydrogen-bond acceptors (Lipinski definition) is 0. The normalized spacial score (nSPS) is 14.4. The Kier molecular flexibility index (Phi) is 4.71. The van der Waals surface area contributed by atoms with Crippen molar-refractivity contribution in [2.45, 2.75) is 23.9 Å². The zero-order valence-electron chi connectivity index (χ0n) is 9.39. The van der Waals surface area contributed by atoms with E-state index in [4.69, 9.17) is 0 Å². The van der Waals surface area contributed by atoms with Gasteiger partial charge >= 0.3 is 23.9 Å². The lowest BCUT2D eigenvalue weighted by molar-refractivity contribution is -0.399. The zero-order valence-corrected chi connectivity index (χ0v) is 12.6. The lowest BCUT2D eigenvalue weighted by Gasteiger charge is -2.34. The summed E-state index contributed by atoms with van der Waals surface area (Å²) >= 11 is 5.05. The molecule has 0 aliphatic carbocycles. The Morgan fingerprint density at radius 3 is 1.62 bits per heavy atom. The quantitative estimate of drug-likeness (QED) is 0.482. The van der Waals surface area contributed by atoms with Gasteiger partial charge in [-0.15, -0.1) is 0 Å².